The van der Waals surface area contributed by atoms with Crippen molar-refractivity contribution in [2.75, 3.05) is 6.54 Å². The fourth-order valence-corrected chi connectivity index (χ4v) is 7.53. The van der Waals surface area contributed by atoms with Gasteiger partial charge in [-0.05, 0) is 55.2 Å². The normalized spacial score (nSPS) is 22.2. The zero-order valence-corrected chi connectivity index (χ0v) is 24.7. The minimum atomic E-state index is -4.01. The molecule has 1 aromatic rings. The van der Waals surface area contributed by atoms with Crippen molar-refractivity contribution in [1.82, 2.24) is 14.9 Å². The van der Waals surface area contributed by atoms with Gasteiger partial charge in [0.2, 0.25) is 21.8 Å². The summed E-state index contributed by atoms with van der Waals surface area (Å²) >= 11 is 0. The predicted octanol–water partition coefficient (Wildman–Crippen LogP) is 2.79. The van der Waals surface area contributed by atoms with Gasteiger partial charge in [-0.1, -0.05) is 78.4 Å². The maximum Gasteiger partial charge on any atom is 0.475 e. The second kappa shape index (κ2) is 13.6. The van der Waals surface area contributed by atoms with Crippen LogP contribution in [0.25, 0.3) is 0 Å². The highest BCUT2D eigenvalue weighted by atomic mass is 32.2. The smallest absolute Gasteiger partial charge is 0.426 e. The Hall–Kier alpha value is -1.95. The number of amides is 2. The van der Waals surface area contributed by atoms with Gasteiger partial charge in [-0.15, -0.1) is 0 Å². The van der Waals surface area contributed by atoms with E-state index >= 15 is 0 Å². The van der Waals surface area contributed by atoms with E-state index in [-0.39, 0.29) is 29.7 Å². The number of aryl methyl sites for hydroxylation is 1. The molecule has 11 heteroatoms. The Morgan fingerprint density at radius 1 is 1.13 bits per heavy atom. The van der Waals surface area contributed by atoms with Gasteiger partial charge in [0.25, 0.3) is 0 Å². The SMILES string of the molecule is CCCc1ccc(S(=O)(=O)NC2(C(C)C)CCN([C@@H](CC3CCCCC3)C(=O)N[C@@H](CC)B(O)O)C2=O)cc1. The molecule has 1 heterocycles. The molecule has 0 aromatic heterocycles. The number of sulfonamides is 1. The summed E-state index contributed by atoms with van der Waals surface area (Å²) in [5, 5.41) is 22.1. The molecule has 218 valence electrons. The maximum atomic E-state index is 14.1. The van der Waals surface area contributed by atoms with Gasteiger partial charge in [-0.2, -0.15) is 4.72 Å². The van der Waals surface area contributed by atoms with E-state index in [4.69, 9.17) is 0 Å². The van der Waals surface area contributed by atoms with Crippen molar-refractivity contribution >= 4 is 29.0 Å². The zero-order valence-electron chi connectivity index (χ0n) is 23.9. The fraction of sp³-hybridized carbons (Fsp3) is 0.714. The van der Waals surface area contributed by atoms with Crippen molar-refractivity contribution in [2.24, 2.45) is 11.8 Å². The molecule has 1 saturated carbocycles. The molecule has 3 rings (SSSR count). The summed E-state index contributed by atoms with van der Waals surface area (Å²) < 4.78 is 29.7. The summed E-state index contributed by atoms with van der Waals surface area (Å²) in [5.41, 5.74) is -0.333. The third-order valence-corrected chi connectivity index (χ3v) is 10.1. The molecular weight excluding hydrogens is 517 g/mol. The molecule has 2 aliphatic rings. The third-order valence-electron chi connectivity index (χ3n) is 8.55. The van der Waals surface area contributed by atoms with E-state index in [9.17, 15) is 28.1 Å². The molecule has 3 atom stereocenters. The summed E-state index contributed by atoms with van der Waals surface area (Å²) in [7, 11) is -5.72. The number of hydrogen-bond donors (Lipinski definition) is 4. The Kier molecular flexibility index (Phi) is 11.0. The molecule has 39 heavy (non-hydrogen) atoms. The summed E-state index contributed by atoms with van der Waals surface area (Å²) in [6.45, 7) is 7.68. The first-order valence-electron chi connectivity index (χ1n) is 14.6. The molecule has 2 fully saturated rings. The van der Waals surface area contributed by atoms with Crippen LogP contribution in [0, 0.1) is 11.8 Å². The lowest BCUT2D eigenvalue weighted by atomic mass is 9.77. The molecular formula is C28H46BN3O6S. The van der Waals surface area contributed by atoms with E-state index in [0.29, 0.717) is 12.8 Å². The third kappa shape index (κ3) is 7.42. The average Bonchev–Trinajstić information content (AvgIpc) is 3.22. The topological polar surface area (TPSA) is 136 Å². The van der Waals surface area contributed by atoms with Crippen LogP contribution in [-0.2, 0) is 26.0 Å². The number of rotatable bonds is 13. The lowest BCUT2D eigenvalue weighted by Gasteiger charge is -2.36. The van der Waals surface area contributed by atoms with Gasteiger partial charge in [0, 0.05) is 6.54 Å². The van der Waals surface area contributed by atoms with Crippen molar-refractivity contribution < 1.29 is 28.1 Å². The summed E-state index contributed by atoms with van der Waals surface area (Å²) in [6.07, 6.45) is 8.09. The quantitative estimate of drug-likeness (QED) is 0.273. The number of carbonyl (C=O) groups excluding carboxylic acids is 2. The lowest BCUT2D eigenvalue weighted by Crippen LogP contribution is -2.60. The Balaban J connectivity index is 1.89. The Morgan fingerprint density at radius 2 is 1.77 bits per heavy atom. The molecule has 4 N–H and O–H groups in total. The maximum absolute atomic E-state index is 14.1. The Labute approximate surface area is 234 Å². The van der Waals surface area contributed by atoms with E-state index in [1.54, 1.807) is 31.2 Å². The van der Waals surface area contributed by atoms with Gasteiger partial charge in [0.15, 0.2) is 0 Å². The number of nitrogens with zero attached hydrogens (tertiary/aromatic N) is 1. The number of carbonyl (C=O) groups is 2. The van der Waals surface area contributed by atoms with Crippen LogP contribution >= 0.6 is 0 Å². The predicted molar refractivity (Wildman–Crippen MR) is 152 cm³/mol. The highest BCUT2D eigenvalue weighted by Gasteiger charge is 2.54. The molecule has 0 bridgehead atoms. The van der Waals surface area contributed by atoms with Gasteiger partial charge in [0.05, 0.1) is 10.8 Å². The first-order chi connectivity index (χ1) is 18.4. The molecule has 1 unspecified atom stereocenters. The summed E-state index contributed by atoms with van der Waals surface area (Å²) in [4.78, 5) is 29.3. The molecule has 1 aromatic carbocycles. The standard InChI is InChI=1S/C28H46BN3O6S/c1-5-10-21-13-15-23(16-14-21)39(37,38)31-28(20(3)4)17-18-32(27(28)34)24(19-22-11-8-7-9-12-22)26(33)30-25(6-2)29(35)36/h13-16,20,22,24-25,31,35-36H,5-12,17-19H2,1-4H3,(H,30,33)/t24-,25-,28?/m0/s1. The van der Waals surface area contributed by atoms with E-state index in [0.717, 1.165) is 50.5 Å². The molecule has 1 aliphatic heterocycles. The molecule has 1 saturated heterocycles. The minimum Gasteiger partial charge on any atom is -0.426 e. The fourth-order valence-electron chi connectivity index (χ4n) is 6.01. The number of benzene rings is 1. The van der Waals surface area contributed by atoms with Crippen LogP contribution in [0.2, 0.25) is 0 Å². The van der Waals surface area contributed by atoms with Gasteiger partial charge in [0.1, 0.15) is 11.6 Å². The first-order valence-corrected chi connectivity index (χ1v) is 16.0. The Morgan fingerprint density at radius 3 is 2.31 bits per heavy atom. The monoisotopic (exact) mass is 563 g/mol. The van der Waals surface area contributed by atoms with Crippen molar-refractivity contribution in [3.63, 3.8) is 0 Å². The largest absolute Gasteiger partial charge is 0.475 e. The van der Waals surface area contributed by atoms with Crippen LogP contribution in [0.15, 0.2) is 29.2 Å². The van der Waals surface area contributed by atoms with Crippen molar-refractivity contribution in [3.05, 3.63) is 29.8 Å². The number of hydrogen-bond acceptors (Lipinski definition) is 6. The van der Waals surface area contributed by atoms with Gasteiger partial charge in [-0.3, -0.25) is 9.59 Å². The molecule has 9 nitrogen and oxygen atoms in total. The Bertz CT molecular complexity index is 1080. The van der Waals surface area contributed by atoms with Crippen LogP contribution in [0.4, 0.5) is 0 Å². The van der Waals surface area contributed by atoms with Crippen LogP contribution < -0.4 is 10.0 Å². The highest BCUT2D eigenvalue weighted by Crippen LogP contribution is 2.36. The highest BCUT2D eigenvalue weighted by molar-refractivity contribution is 7.89. The number of likely N-dealkylation sites (tertiary alicyclic amines) is 1. The van der Waals surface area contributed by atoms with Gasteiger partial charge >= 0.3 is 7.12 Å². The minimum absolute atomic E-state index is 0.104. The van der Waals surface area contributed by atoms with Crippen LogP contribution in [0.3, 0.4) is 0 Å². The average molecular weight is 564 g/mol. The summed E-state index contributed by atoms with van der Waals surface area (Å²) in [5.74, 6) is -1.77. The molecule has 0 radical (unpaired) electrons. The second-order valence-electron chi connectivity index (χ2n) is 11.6. The second-order valence-corrected chi connectivity index (χ2v) is 13.2. The zero-order chi connectivity index (χ0) is 28.8. The van der Waals surface area contributed by atoms with Gasteiger partial charge in [-0.25, -0.2) is 8.42 Å². The molecule has 2 amide bonds. The van der Waals surface area contributed by atoms with Crippen LogP contribution in [-0.4, -0.2) is 66.4 Å². The van der Waals surface area contributed by atoms with Crippen molar-refractivity contribution in [2.45, 2.75) is 114 Å². The summed E-state index contributed by atoms with van der Waals surface area (Å²) in [6, 6.07) is 5.93. The molecule has 1 aliphatic carbocycles. The van der Waals surface area contributed by atoms with E-state index < -0.39 is 46.5 Å². The van der Waals surface area contributed by atoms with E-state index in [1.807, 2.05) is 13.8 Å². The van der Waals surface area contributed by atoms with Crippen molar-refractivity contribution in [3.8, 4) is 0 Å². The van der Waals surface area contributed by atoms with Crippen molar-refractivity contribution in [1.29, 1.82) is 0 Å². The van der Waals surface area contributed by atoms with E-state index in [1.165, 1.54) is 4.90 Å². The van der Waals surface area contributed by atoms with Crippen LogP contribution in [0.1, 0.15) is 91.0 Å². The molecule has 0 spiro atoms. The van der Waals surface area contributed by atoms with Crippen LogP contribution in [0.5, 0.6) is 0 Å². The first kappa shape index (κ1) is 31.6. The van der Waals surface area contributed by atoms with E-state index in [2.05, 4.69) is 17.0 Å². The van der Waals surface area contributed by atoms with Gasteiger partial charge < -0.3 is 20.3 Å². The lowest BCUT2D eigenvalue weighted by molar-refractivity contribution is -0.142. The number of nitrogens with one attached hydrogen (secondary N) is 2.